The number of urea groups is 1. The Hall–Kier alpha value is -2.53. The molecule has 0 unspecified atom stereocenters. The zero-order chi connectivity index (χ0) is 15.8. The summed E-state index contributed by atoms with van der Waals surface area (Å²) < 4.78 is 0. The second-order valence-corrected chi connectivity index (χ2v) is 5.00. The van der Waals surface area contributed by atoms with Crippen molar-refractivity contribution in [1.82, 2.24) is 10.6 Å². The molecular formula is C17H20N2O3. The Morgan fingerprint density at radius 1 is 0.864 bits per heavy atom. The Labute approximate surface area is 129 Å². The van der Waals surface area contributed by atoms with Crippen molar-refractivity contribution >= 4 is 6.03 Å². The lowest BCUT2D eigenvalue weighted by Gasteiger charge is -2.08. The summed E-state index contributed by atoms with van der Waals surface area (Å²) in [7, 11) is 0. The number of nitrogens with one attached hydrogen (secondary N) is 2. The van der Waals surface area contributed by atoms with E-state index in [-0.39, 0.29) is 18.4 Å². The molecule has 0 aliphatic carbocycles. The minimum absolute atomic E-state index is 0.0399. The van der Waals surface area contributed by atoms with Gasteiger partial charge in [-0.05, 0) is 35.2 Å². The standard InChI is InChI=1S/C17H20N2O3/c20-12-15-3-1-13(2-4-15)9-10-18-17(22)19-11-14-5-7-16(21)8-6-14/h1-8,20-21H,9-12H2,(H2,18,19,22). The molecular weight excluding hydrogens is 280 g/mol. The van der Waals surface area contributed by atoms with E-state index in [4.69, 9.17) is 5.11 Å². The molecule has 116 valence electrons. The first-order chi connectivity index (χ1) is 10.7. The molecule has 0 saturated heterocycles. The molecule has 4 N–H and O–H groups in total. The number of aliphatic hydroxyl groups is 1. The predicted molar refractivity (Wildman–Crippen MR) is 84.4 cm³/mol. The van der Waals surface area contributed by atoms with Crippen molar-refractivity contribution in [3.8, 4) is 5.75 Å². The number of phenols is 1. The van der Waals surface area contributed by atoms with Crippen molar-refractivity contribution < 1.29 is 15.0 Å². The number of hydrogen-bond acceptors (Lipinski definition) is 3. The van der Waals surface area contributed by atoms with Gasteiger partial charge in [0.25, 0.3) is 0 Å². The third-order valence-corrected chi connectivity index (χ3v) is 3.29. The lowest BCUT2D eigenvalue weighted by molar-refractivity contribution is 0.240. The van der Waals surface area contributed by atoms with Gasteiger partial charge in [-0.3, -0.25) is 0 Å². The lowest BCUT2D eigenvalue weighted by atomic mass is 10.1. The van der Waals surface area contributed by atoms with Crippen LogP contribution in [-0.4, -0.2) is 22.8 Å². The molecule has 0 fully saturated rings. The number of aromatic hydroxyl groups is 1. The predicted octanol–water partition coefficient (Wildman–Crippen LogP) is 1.93. The van der Waals surface area contributed by atoms with Crippen molar-refractivity contribution in [3.63, 3.8) is 0 Å². The molecule has 0 radical (unpaired) electrons. The van der Waals surface area contributed by atoms with Gasteiger partial charge in [0, 0.05) is 13.1 Å². The van der Waals surface area contributed by atoms with Crippen LogP contribution < -0.4 is 10.6 Å². The van der Waals surface area contributed by atoms with Crippen LogP contribution in [0.1, 0.15) is 16.7 Å². The number of benzene rings is 2. The van der Waals surface area contributed by atoms with Crippen molar-refractivity contribution in [1.29, 1.82) is 0 Å². The van der Waals surface area contributed by atoms with Gasteiger partial charge >= 0.3 is 6.03 Å². The highest BCUT2D eigenvalue weighted by atomic mass is 16.3. The molecule has 0 aromatic heterocycles. The van der Waals surface area contributed by atoms with Crippen LogP contribution >= 0.6 is 0 Å². The van der Waals surface area contributed by atoms with E-state index in [0.29, 0.717) is 13.1 Å². The van der Waals surface area contributed by atoms with E-state index < -0.39 is 0 Å². The summed E-state index contributed by atoms with van der Waals surface area (Å²) in [5.41, 5.74) is 2.91. The van der Waals surface area contributed by atoms with Crippen molar-refractivity contribution in [2.75, 3.05) is 6.54 Å². The Morgan fingerprint density at radius 3 is 2.09 bits per heavy atom. The number of carbonyl (C=O) groups is 1. The minimum atomic E-state index is -0.222. The second-order valence-electron chi connectivity index (χ2n) is 5.00. The largest absolute Gasteiger partial charge is 0.508 e. The van der Waals surface area contributed by atoms with Crippen LogP contribution in [0.3, 0.4) is 0 Å². The van der Waals surface area contributed by atoms with Gasteiger partial charge in [0.15, 0.2) is 0 Å². The molecule has 22 heavy (non-hydrogen) atoms. The lowest BCUT2D eigenvalue weighted by Crippen LogP contribution is -2.36. The Balaban J connectivity index is 1.67. The number of phenolic OH excluding ortho intramolecular Hbond substituents is 1. The van der Waals surface area contributed by atoms with Gasteiger partial charge in [-0.2, -0.15) is 0 Å². The average molecular weight is 300 g/mol. The first-order valence-electron chi connectivity index (χ1n) is 7.15. The molecule has 0 saturated carbocycles. The van der Waals surface area contributed by atoms with E-state index in [1.165, 1.54) is 0 Å². The van der Waals surface area contributed by atoms with Crippen LogP contribution in [0.25, 0.3) is 0 Å². The van der Waals surface area contributed by atoms with Gasteiger partial charge in [0.1, 0.15) is 5.75 Å². The Kier molecular flexibility index (Phi) is 5.80. The fraction of sp³-hybridized carbons (Fsp3) is 0.235. The molecule has 2 amide bonds. The summed E-state index contributed by atoms with van der Waals surface area (Å²) in [5.74, 6) is 0.209. The summed E-state index contributed by atoms with van der Waals surface area (Å²) in [5, 5.41) is 23.7. The van der Waals surface area contributed by atoms with E-state index in [2.05, 4.69) is 10.6 Å². The number of hydrogen-bond donors (Lipinski definition) is 4. The van der Waals surface area contributed by atoms with Crippen molar-refractivity contribution in [2.45, 2.75) is 19.6 Å². The molecule has 0 spiro atoms. The molecule has 0 aliphatic rings. The fourth-order valence-electron chi connectivity index (χ4n) is 1.99. The summed E-state index contributed by atoms with van der Waals surface area (Å²) >= 11 is 0. The third-order valence-electron chi connectivity index (χ3n) is 3.29. The first kappa shape index (κ1) is 15.9. The van der Waals surface area contributed by atoms with Crippen LogP contribution in [0, 0.1) is 0 Å². The van der Waals surface area contributed by atoms with Crippen LogP contribution in [-0.2, 0) is 19.6 Å². The summed E-state index contributed by atoms with van der Waals surface area (Å²) in [4.78, 5) is 11.7. The van der Waals surface area contributed by atoms with Crippen LogP contribution in [0.5, 0.6) is 5.75 Å². The highest BCUT2D eigenvalue weighted by Gasteiger charge is 2.01. The maximum atomic E-state index is 11.7. The topological polar surface area (TPSA) is 81.6 Å². The molecule has 5 nitrogen and oxygen atoms in total. The van der Waals surface area contributed by atoms with Gasteiger partial charge < -0.3 is 20.8 Å². The molecule has 0 bridgehead atoms. The van der Waals surface area contributed by atoms with Gasteiger partial charge in [-0.1, -0.05) is 36.4 Å². The zero-order valence-corrected chi connectivity index (χ0v) is 12.2. The zero-order valence-electron chi connectivity index (χ0n) is 12.2. The molecule has 5 heteroatoms. The molecule has 0 atom stereocenters. The van der Waals surface area contributed by atoms with E-state index in [0.717, 1.165) is 23.1 Å². The highest BCUT2D eigenvalue weighted by molar-refractivity contribution is 5.73. The number of aliphatic hydroxyl groups excluding tert-OH is 1. The van der Waals surface area contributed by atoms with Crippen molar-refractivity contribution in [3.05, 3.63) is 65.2 Å². The maximum absolute atomic E-state index is 11.7. The summed E-state index contributed by atoms with van der Waals surface area (Å²) in [6.07, 6.45) is 0.734. The van der Waals surface area contributed by atoms with E-state index in [1.54, 1.807) is 24.3 Å². The van der Waals surface area contributed by atoms with Crippen LogP contribution in [0.4, 0.5) is 4.79 Å². The molecule has 2 aromatic carbocycles. The molecule has 0 aliphatic heterocycles. The smallest absolute Gasteiger partial charge is 0.315 e. The van der Waals surface area contributed by atoms with Crippen LogP contribution in [0.2, 0.25) is 0 Å². The summed E-state index contributed by atoms with van der Waals surface area (Å²) in [6.45, 7) is 0.995. The minimum Gasteiger partial charge on any atom is -0.508 e. The van der Waals surface area contributed by atoms with E-state index >= 15 is 0 Å². The van der Waals surface area contributed by atoms with Gasteiger partial charge in [0.05, 0.1) is 6.61 Å². The fourth-order valence-corrected chi connectivity index (χ4v) is 1.99. The van der Waals surface area contributed by atoms with Gasteiger partial charge in [-0.15, -0.1) is 0 Å². The monoisotopic (exact) mass is 300 g/mol. The van der Waals surface area contributed by atoms with E-state index in [9.17, 15) is 9.90 Å². The Bertz CT molecular complexity index is 594. The van der Waals surface area contributed by atoms with Crippen molar-refractivity contribution in [2.24, 2.45) is 0 Å². The maximum Gasteiger partial charge on any atom is 0.315 e. The quantitative estimate of drug-likeness (QED) is 0.658. The molecule has 2 rings (SSSR count). The van der Waals surface area contributed by atoms with E-state index in [1.807, 2.05) is 24.3 Å². The normalized spacial score (nSPS) is 10.2. The second kappa shape index (κ2) is 8.05. The van der Waals surface area contributed by atoms with Gasteiger partial charge in [-0.25, -0.2) is 4.79 Å². The SMILES string of the molecule is O=C(NCCc1ccc(CO)cc1)NCc1ccc(O)cc1. The highest BCUT2D eigenvalue weighted by Crippen LogP contribution is 2.09. The summed E-state index contributed by atoms with van der Waals surface area (Å²) in [6, 6.07) is 14.1. The Morgan fingerprint density at radius 2 is 1.45 bits per heavy atom. The number of rotatable bonds is 6. The number of carbonyl (C=O) groups excluding carboxylic acids is 1. The number of amides is 2. The average Bonchev–Trinajstić information content (AvgIpc) is 2.55. The molecule has 0 heterocycles. The third kappa shape index (κ3) is 5.10. The first-order valence-corrected chi connectivity index (χ1v) is 7.15. The van der Waals surface area contributed by atoms with Gasteiger partial charge in [0.2, 0.25) is 0 Å². The van der Waals surface area contributed by atoms with Crippen LogP contribution in [0.15, 0.2) is 48.5 Å². The molecule has 2 aromatic rings.